The zero-order chi connectivity index (χ0) is 14.8. The van der Waals surface area contributed by atoms with Gasteiger partial charge in [0.25, 0.3) is 0 Å². The van der Waals surface area contributed by atoms with E-state index in [-0.39, 0.29) is 11.6 Å². The summed E-state index contributed by atoms with van der Waals surface area (Å²) in [5, 5.41) is 1.53. The molecule has 0 aliphatic rings. The Hall–Kier alpha value is -2.48. The molecule has 0 N–H and O–H groups in total. The first kappa shape index (κ1) is 13.5. The van der Waals surface area contributed by atoms with Gasteiger partial charge in [0, 0.05) is 11.8 Å². The zero-order valence-electron chi connectivity index (χ0n) is 11.8. The van der Waals surface area contributed by atoms with Gasteiger partial charge in [0.15, 0.2) is 0 Å². The first-order valence-corrected chi connectivity index (χ1v) is 6.91. The van der Waals surface area contributed by atoms with Gasteiger partial charge in [-0.05, 0) is 35.1 Å². The van der Waals surface area contributed by atoms with Crippen molar-refractivity contribution in [1.82, 2.24) is 0 Å². The first-order chi connectivity index (χ1) is 10.1. The fourth-order valence-electron chi connectivity index (χ4n) is 2.60. The maximum Gasteiger partial charge on any atom is 0.134 e. The minimum Gasteiger partial charge on any atom is -0.300 e. The highest BCUT2D eigenvalue weighted by atomic mass is 19.1. The molecule has 0 saturated heterocycles. The van der Waals surface area contributed by atoms with Crippen LogP contribution in [0.5, 0.6) is 0 Å². The molecule has 1 nitrogen and oxygen atoms in total. The van der Waals surface area contributed by atoms with Gasteiger partial charge < -0.3 is 0 Å². The van der Waals surface area contributed by atoms with Crippen LogP contribution in [0, 0.1) is 5.82 Å². The van der Waals surface area contributed by atoms with E-state index >= 15 is 0 Å². The van der Waals surface area contributed by atoms with Crippen LogP contribution in [-0.2, 0) is 11.2 Å². The van der Waals surface area contributed by atoms with Crippen molar-refractivity contribution in [3.63, 3.8) is 0 Å². The van der Waals surface area contributed by atoms with E-state index in [0.717, 1.165) is 22.1 Å². The van der Waals surface area contributed by atoms with E-state index in [2.05, 4.69) is 0 Å². The van der Waals surface area contributed by atoms with Gasteiger partial charge >= 0.3 is 0 Å². The van der Waals surface area contributed by atoms with E-state index in [4.69, 9.17) is 0 Å². The van der Waals surface area contributed by atoms with Crippen molar-refractivity contribution in [3.8, 4) is 11.1 Å². The molecule has 0 heterocycles. The molecule has 0 aromatic heterocycles. The van der Waals surface area contributed by atoms with Gasteiger partial charge in [-0.1, -0.05) is 54.6 Å². The van der Waals surface area contributed by atoms with E-state index < -0.39 is 0 Å². The average Bonchev–Trinajstić information content (AvgIpc) is 2.48. The van der Waals surface area contributed by atoms with Crippen LogP contribution in [0.25, 0.3) is 21.9 Å². The Balaban J connectivity index is 2.08. The number of halogens is 1. The van der Waals surface area contributed by atoms with Crippen molar-refractivity contribution < 1.29 is 9.18 Å². The van der Waals surface area contributed by atoms with E-state index in [1.807, 2.05) is 42.5 Å². The molecule has 0 amide bonds. The molecule has 0 aliphatic heterocycles. The molecule has 0 atom stereocenters. The zero-order valence-corrected chi connectivity index (χ0v) is 11.8. The van der Waals surface area contributed by atoms with Crippen molar-refractivity contribution in [2.24, 2.45) is 0 Å². The number of carbonyl (C=O) groups is 1. The van der Waals surface area contributed by atoms with E-state index in [9.17, 15) is 9.18 Å². The quantitative estimate of drug-likeness (QED) is 0.674. The monoisotopic (exact) mass is 278 g/mol. The SMILES string of the molecule is CC(=O)Cc1ccc(-c2ccc(F)c3ccccc23)cc1. The third kappa shape index (κ3) is 2.70. The predicted molar refractivity (Wildman–Crippen MR) is 83.7 cm³/mol. The van der Waals surface area contributed by atoms with Crippen LogP contribution in [-0.4, -0.2) is 5.78 Å². The van der Waals surface area contributed by atoms with Gasteiger partial charge in [-0.2, -0.15) is 0 Å². The molecule has 2 heteroatoms. The van der Waals surface area contributed by atoms with Gasteiger partial charge in [0.2, 0.25) is 0 Å². The van der Waals surface area contributed by atoms with Gasteiger partial charge in [-0.25, -0.2) is 4.39 Å². The number of benzene rings is 3. The van der Waals surface area contributed by atoms with E-state index in [1.54, 1.807) is 19.1 Å². The number of carbonyl (C=O) groups excluding carboxylic acids is 1. The van der Waals surface area contributed by atoms with Crippen LogP contribution in [0.4, 0.5) is 4.39 Å². The molecule has 3 rings (SSSR count). The second-order valence-electron chi connectivity index (χ2n) is 5.22. The lowest BCUT2D eigenvalue weighted by atomic mass is 9.96. The van der Waals surface area contributed by atoms with Gasteiger partial charge in [-0.15, -0.1) is 0 Å². The van der Waals surface area contributed by atoms with Crippen molar-refractivity contribution in [1.29, 1.82) is 0 Å². The highest BCUT2D eigenvalue weighted by Gasteiger charge is 2.07. The number of Topliss-reactive ketones (excluding diaryl/α,β-unsaturated/α-hetero) is 1. The minimum atomic E-state index is -0.206. The largest absolute Gasteiger partial charge is 0.300 e. The summed E-state index contributed by atoms with van der Waals surface area (Å²) in [5.74, 6) is -0.0578. The molecule has 0 fully saturated rings. The fraction of sp³-hybridized carbons (Fsp3) is 0.105. The highest BCUT2D eigenvalue weighted by molar-refractivity contribution is 5.97. The molecule has 0 radical (unpaired) electrons. The summed E-state index contributed by atoms with van der Waals surface area (Å²) in [6.07, 6.45) is 0.449. The summed E-state index contributed by atoms with van der Waals surface area (Å²) in [6, 6.07) is 18.6. The lowest BCUT2D eigenvalue weighted by Gasteiger charge is -2.08. The van der Waals surface area contributed by atoms with Gasteiger partial charge in [0.1, 0.15) is 11.6 Å². The molecule has 0 spiro atoms. The van der Waals surface area contributed by atoms with Crippen LogP contribution in [0.1, 0.15) is 12.5 Å². The second kappa shape index (κ2) is 5.49. The lowest BCUT2D eigenvalue weighted by Crippen LogP contribution is -1.95. The molecule has 0 aliphatic carbocycles. The summed E-state index contributed by atoms with van der Waals surface area (Å²) in [7, 11) is 0. The summed E-state index contributed by atoms with van der Waals surface area (Å²) < 4.78 is 13.9. The summed E-state index contributed by atoms with van der Waals surface area (Å²) in [6.45, 7) is 1.58. The smallest absolute Gasteiger partial charge is 0.134 e. The summed E-state index contributed by atoms with van der Waals surface area (Å²) in [5.41, 5.74) is 3.03. The maximum atomic E-state index is 13.9. The Morgan fingerprint density at radius 2 is 1.57 bits per heavy atom. The Bertz CT molecular complexity index is 803. The molecule has 0 saturated carbocycles. The second-order valence-corrected chi connectivity index (χ2v) is 5.22. The van der Waals surface area contributed by atoms with Crippen LogP contribution >= 0.6 is 0 Å². The first-order valence-electron chi connectivity index (χ1n) is 6.91. The Kier molecular flexibility index (Phi) is 3.53. The van der Waals surface area contributed by atoms with Gasteiger partial charge in [0.05, 0.1) is 0 Å². The van der Waals surface area contributed by atoms with Crippen LogP contribution in [0.2, 0.25) is 0 Å². The predicted octanol–water partition coefficient (Wildman–Crippen LogP) is 4.78. The normalized spacial score (nSPS) is 10.8. The number of hydrogen-bond donors (Lipinski definition) is 0. The van der Waals surface area contributed by atoms with E-state index in [0.29, 0.717) is 11.8 Å². The molecular formula is C19H15FO. The highest BCUT2D eigenvalue weighted by Crippen LogP contribution is 2.30. The number of hydrogen-bond acceptors (Lipinski definition) is 1. The van der Waals surface area contributed by atoms with Gasteiger partial charge in [-0.3, -0.25) is 4.79 Å². The van der Waals surface area contributed by atoms with Crippen molar-refractivity contribution >= 4 is 16.6 Å². The van der Waals surface area contributed by atoms with Crippen molar-refractivity contribution in [2.75, 3.05) is 0 Å². The van der Waals surface area contributed by atoms with Crippen LogP contribution in [0.15, 0.2) is 60.7 Å². The average molecular weight is 278 g/mol. The van der Waals surface area contributed by atoms with Crippen LogP contribution in [0.3, 0.4) is 0 Å². The molecule has 104 valence electrons. The number of ketones is 1. The molecule has 0 unspecified atom stereocenters. The standard InChI is InChI=1S/C19H15FO/c1-13(21)12-14-6-8-15(9-7-14)16-10-11-19(20)18-5-3-2-4-17(16)18/h2-11H,12H2,1H3. The topological polar surface area (TPSA) is 17.1 Å². The molecule has 3 aromatic carbocycles. The molecule has 21 heavy (non-hydrogen) atoms. The fourth-order valence-corrected chi connectivity index (χ4v) is 2.60. The minimum absolute atomic E-state index is 0.148. The lowest BCUT2D eigenvalue weighted by molar-refractivity contribution is -0.116. The Labute approximate surface area is 123 Å². The Morgan fingerprint density at radius 3 is 2.24 bits per heavy atom. The van der Waals surface area contributed by atoms with Crippen molar-refractivity contribution in [2.45, 2.75) is 13.3 Å². The summed E-state index contributed by atoms with van der Waals surface area (Å²) in [4.78, 5) is 11.1. The van der Waals surface area contributed by atoms with Crippen LogP contribution < -0.4 is 0 Å². The molecule has 0 bridgehead atoms. The van der Waals surface area contributed by atoms with E-state index in [1.165, 1.54) is 6.07 Å². The number of rotatable bonds is 3. The molecular weight excluding hydrogens is 263 g/mol. The third-order valence-electron chi connectivity index (χ3n) is 3.59. The summed E-state index contributed by atoms with van der Waals surface area (Å²) >= 11 is 0. The number of fused-ring (bicyclic) bond motifs is 1. The molecule has 3 aromatic rings. The maximum absolute atomic E-state index is 13.9. The third-order valence-corrected chi connectivity index (χ3v) is 3.59. The Morgan fingerprint density at radius 1 is 0.905 bits per heavy atom. The van der Waals surface area contributed by atoms with Crippen molar-refractivity contribution in [3.05, 3.63) is 72.0 Å².